The molecule has 0 spiro atoms. The smallest absolute Gasteiger partial charge is 0.229 e. The van der Waals surface area contributed by atoms with Crippen LogP contribution in [0.15, 0.2) is 35.3 Å². The first-order valence-electron chi connectivity index (χ1n) is 8.78. The van der Waals surface area contributed by atoms with E-state index in [1.54, 1.807) is 7.05 Å². The van der Waals surface area contributed by atoms with E-state index in [1.807, 2.05) is 35.2 Å². The molecule has 2 rings (SSSR count). The van der Waals surface area contributed by atoms with Crippen LogP contribution < -0.4 is 15.5 Å². The zero-order valence-corrected chi connectivity index (χ0v) is 18.8. The lowest BCUT2D eigenvalue weighted by atomic mass is 9.93. The number of guanidine groups is 1. The molecule has 7 heteroatoms. The summed E-state index contributed by atoms with van der Waals surface area (Å²) in [6, 6.07) is 9.87. The number of hydrogen-bond acceptors (Lipinski definition) is 3. The van der Waals surface area contributed by atoms with Gasteiger partial charge in [0.05, 0.1) is 6.04 Å². The summed E-state index contributed by atoms with van der Waals surface area (Å²) in [6.45, 7) is 6.91. The van der Waals surface area contributed by atoms with Gasteiger partial charge in [0.25, 0.3) is 0 Å². The van der Waals surface area contributed by atoms with Crippen LogP contribution in [0, 0.1) is 5.41 Å². The van der Waals surface area contributed by atoms with Crippen LogP contribution in [0.25, 0.3) is 0 Å². The second-order valence-corrected chi connectivity index (χ2v) is 7.71. The van der Waals surface area contributed by atoms with Crippen molar-refractivity contribution < 1.29 is 4.79 Å². The van der Waals surface area contributed by atoms with E-state index >= 15 is 0 Å². The van der Waals surface area contributed by atoms with Crippen molar-refractivity contribution in [3.63, 3.8) is 0 Å². The highest BCUT2D eigenvalue weighted by atomic mass is 127. The van der Waals surface area contributed by atoms with Gasteiger partial charge in [-0.2, -0.15) is 0 Å². The molecule has 1 aromatic rings. The standard InChI is InChI=1S/C19H31N5O.HI/c1-19(2,14-23(4)5)13-21-18(20-3)22-15-11-17(25)24(12-15)16-9-7-6-8-10-16;/h6-10,15H,11-14H2,1-5H3,(H2,20,21,22);1H. The molecule has 0 aromatic heterocycles. The summed E-state index contributed by atoms with van der Waals surface area (Å²) >= 11 is 0. The molecule has 1 aliphatic rings. The number of hydrogen-bond donors (Lipinski definition) is 2. The number of rotatable bonds is 6. The van der Waals surface area contributed by atoms with Crippen molar-refractivity contribution in [1.82, 2.24) is 15.5 Å². The fourth-order valence-electron chi connectivity index (χ4n) is 3.28. The van der Waals surface area contributed by atoms with Gasteiger partial charge in [0.1, 0.15) is 0 Å². The van der Waals surface area contributed by atoms with Gasteiger partial charge in [-0.1, -0.05) is 32.0 Å². The average molecular weight is 473 g/mol. The molecule has 1 unspecified atom stereocenters. The van der Waals surface area contributed by atoms with E-state index in [0.29, 0.717) is 13.0 Å². The maximum Gasteiger partial charge on any atom is 0.229 e. The van der Waals surface area contributed by atoms with Crippen LogP contribution in [0.3, 0.4) is 0 Å². The van der Waals surface area contributed by atoms with Crippen molar-refractivity contribution in [3.8, 4) is 0 Å². The molecule has 1 fully saturated rings. The quantitative estimate of drug-likeness (QED) is 0.378. The molecule has 146 valence electrons. The van der Waals surface area contributed by atoms with Crippen LogP contribution in [0.5, 0.6) is 0 Å². The van der Waals surface area contributed by atoms with E-state index in [0.717, 1.165) is 24.7 Å². The molecule has 1 saturated heterocycles. The van der Waals surface area contributed by atoms with Crippen LogP contribution in [-0.4, -0.2) is 63.6 Å². The average Bonchev–Trinajstić information content (AvgIpc) is 2.91. The van der Waals surface area contributed by atoms with Gasteiger partial charge in [-0.25, -0.2) is 0 Å². The van der Waals surface area contributed by atoms with E-state index in [1.165, 1.54) is 0 Å². The lowest BCUT2D eigenvalue weighted by molar-refractivity contribution is -0.117. The Morgan fingerprint density at radius 3 is 2.54 bits per heavy atom. The number of carbonyl (C=O) groups is 1. The Bertz CT molecular complexity index is 603. The molecule has 26 heavy (non-hydrogen) atoms. The molecule has 1 aliphatic heterocycles. The number of carbonyl (C=O) groups excluding carboxylic acids is 1. The second kappa shape index (κ2) is 10.1. The molecule has 0 bridgehead atoms. The predicted molar refractivity (Wildman–Crippen MR) is 119 cm³/mol. The van der Waals surface area contributed by atoms with E-state index in [4.69, 9.17) is 0 Å². The third-order valence-electron chi connectivity index (χ3n) is 4.24. The number of benzene rings is 1. The predicted octanol–water partition coefficient (Wildman–Crippen LogP) is 2.16. The van der Waals surface area contributed by atoms with Gasteiger partial charge in [0.15, 0.2) is 5.96 Å². The Labute approximate surface area is 174 Å². The minimum absolute atomic E-state index is 0. The van der Waals surface area contributed by atoms with Crippen LogP contribution in [0.4, 0.5) is 5.69 Å². The maximum absolute atomic E-state index is 12.3. The largest absolute Gasteiger partial charge is 0.356 e. The molecule has 2 N–H and O–H groups in total. The number of amides is 1. The molecular formula is C19H32IN5O. The molecule has 0 aliphatic carbocycles. The lowest BCUT2D eigenvalue weighted by Gasteiger charge is -2.29. The first-order valence-corrected chi connectivity index (χ1v) is 8.78. The Balaban J connectivity index is 0.00000338. The minimum Gasteiger partial charge on any atom is -0.356 e. The van der Waals surface area contributed by atoms with Crippen molar-refractivity contribution in [2.45, 2.75) is 26.3 Å². The fraction of sp³-hybridized carbons (Fsp3) is 0.579. The number of nitrogens with one attached hydrogen (secondary N) is 2. The summed E-state index contributed by atoms with van der Waals surface area (Å²) < 4.78 is 0. The van der Waals surface area contributed by atoms with Crippen molar-refractivity contribution in [2.75, 3.05) is 45.7 Å². The Morgan fingerprint density at radius 2 is 1.96 bits per heavy atom. The van der Waals surface area contributed by atoms with Crippen LogP contribution in [-0.2, 0) is 4.79 Å². The van der Waals surface area contributed by atoms with Crippen molar-refractivity contribution in [2.24, 2.45) is 10.4 Å². The normalized spacial score (nSPS) is 18.1. The SMILES string of the molecule is CN=C(NCC(C)(C)CN(C)C)NC1CC(=O)N(c2ccccc2)C1.I. The van der Waals surface area contributed by atoms with Gasteiger partial charge in [-0.15, -0.1) is 24.0 Å². The van der Waals surface area contributed by atoms with Crippen LogP contribution in [0.1, 0.15) is 20.3 Å². The maximum atomic E-state index is 12.3. The molecule has 1 atom stereocenters. The monoisotopic (exact) mass is 473 g/mol. The third kappa shape index (κ3) is 6.75. The Morgan fingerprint density at radius 1 is 1.31 bits per heavy atom. The summed E-state index contributed by atoms with van der Waals surface area (Å²) in [5.74, 6) is 0.895. The molecule has 1 heterocycles. The molecular weight excluding hydrogens is 441 g/mol. The van der Waals surface area contributed by atoms with Crippen LogP contribution in [0.2, 0.25) is 0 Å². The van der Waals surface area contributed by atoms with Crippen molar-refractivity contribution in [1.29, 1.82) is 0 Å². The minimum atomic E-state index is 0. The molecule has 1 amide bonds. The highest BCUT2D eigenvalue weighted by Gasteiger charge is 2.31. The summed E-state index contributed by atoms with van der Waals surface area (Å²) in [6.07, 6.45) is 0.483. The first kappa shape index (κ1) is 22.7. The Hall–Kier alpha value is -1.35. The van der Waals surface area contributed by atoms with Gasteiger partial charge in [-0.3, -0.25) is 9.79 Å². The first-order chi connectivity index (χ1) is 11.8. The van der Waals surface area contributed by atoms with Gasteiger partial charge in [0, 0.05) is 38.8 Å². The zero-order chi connectivity index (χ0) is 18.4. The summed E-state index contributed by atoms with van der Waals surface area (Å²) in [7, 11) is 5.92. The summed E-state index contributed by atoms with van der Waals surface area (Å²) in [5, 5.41) is 6.78. The van der Waals surface area contributed by atoms with Gasteiger partial charge in [0.2, 0.25) is 5.91 Å². The Kier molecular flexibility index (Phi) is 8.82. The lowest BCUT2D eigenvalue weighted by Crippen LogP contribution is -2.48. The molecule has 0 radical (unpaired) electrons. The third-order valence-corrected chi connectivity index (χ3v) is 4.24. The van der Waals surface area contributed by atoms with E-state index in [-0.39, 0.29) is 41.3 Å². The summed E-state index contributed by atoms with van der Waals surface area (Å²) in [4.78, 5) is 20.6. The van der Waals surface area contributed by atoms with E-state index < -0.39 is 0 Å². The highest BCUT2D eigenvalue weighted by molar-refractivity contribution is 14.0. The number of nitrogens with zero attached hydrogens (tertiary/aromatic N) is 3. The number of halogens is 1. The highest BCUT2D eigenvalue weighted by Crippen LogP contribution is 2.21. The van der Waals surface area contributed by atoms with Gasteiger partial charge < -0.3 is 20.4 Å². The van der Waals surface area contributed by atoms with Crippen LogP contribution >= 0.6 is 24.0 Å². The number of anilines is 1. The van der Waals surface area contributed by atoms with Crippen molar-refractivity contribution in [3.05, 3.63) is 30.3 Å². The topological polar surface area (TPSA) is 60.0 Å². The molecule has 6 nitrogen and oxygen atoms in total. The van der Waals surface area contributed by atoms with E-state index in [9.17, 15) is 4.79 Å². The fourth-order valence-corrected chi connectivity index (χ4v) is 3.28. The molecule has 0 saturated carbocycles. The van der Waals surface area contributed by atoms with Gasteiger partial charge in [-0.05, 0) is 31.6 Å². The summed E-state index contributed by atoms with van der Waals surface area (Å²) in [5.41, 5.74) is 1.08. The van der Waals surface area contributed by atoms with Crippen molar-refractivity contribution >= 4 is 41.5 Å². The zero-order valence-electron chi connectivity index (χ0n) is 16.5. The number of aliphatic imine (C=N–C) groups is 1. The second-order valence-electron chi connectivity index (χ2n) is 7.71. The number of para-hydroxylation sites is 1. The van der Waals surface area contributed by atoms with E-state index in [2.05, 4.69) is 48.5 Å². The van der Waals surface area contributed by atoms with Gasteiger partial charge >= 0.3 is 0 Å². The molecule has 1 aromatic carbocycles.